The maximum Gasteiger partial charge on any atom is 0.318 e. The van der Waals surface area contributed by atoms with E-state index in [-0.39, 0.29) is 23.2 Å². The van der Waals surface area contributed by atoms with Crippen LogP contribution in [0.2, 0.25) is 0 Å². The average molecular weight is 505 g/mol. The average Bonchev–Trinajstić information content (AvgIpc) is 3.44. The molecule has 1 aliphatic heterocycles. The van der Waals surface area contributed by atoms with Crippen LogP contribution >= 0.6 is 0 Å². The summed E-state index contributed by atoms with van der Waals surface area (Å²) < 4.78 is 10.9. The summed E-state index contributed by atoms with van der Waals surface area (Å²) in [6.07, 6.45) is 3.76. The summed E-state index contributed by atoms with van der Waals surface area (Å²) in [5.41, 5.74) is 3.62. The summed E-state index contributed by atoms with van der Waals surface area (Å²) >= 11 is 0. The van der Waals surface area contributed by atoms with E-state index >= 15 is 0 Å². The van der Waals surface area contributed by atoms with Gasteiger partial charge in [0, 0.05) is 30.4 Å². The van der Waals surface area contributed by atoms with Crippen LogP contribution in [0.4, 0.5) is 17.1 Å². The fourth-order valence-corrected chi connectivity index (χ4v) is 3.84. The number of nitro benzene ring substituents is 2. The monoisotopic (exact) mass is 505 g/mol. The summed E-state index contributed by atoms with van der Waals surface area (Å²) in [6, 6.07) is 15.1. The second-order valence-corrected chi connectivity index (χ2v) is 8.12. The number of non-ortho nitro benzene ring substituents is 1. The number of nitrogens with zero attached hydrogens (tertiary/aromatic N) is 4. The molecule has 3 aromatic rings. The first kappa shape index (κ1) is 25.1. The van der Waals surface area contributed by atoms with Gasteiger partial charge in [0.2, 0.25) is 5.75 Å². The number of methoxy groups -OCH3 is 1. The Hall–Kier alpha value is -5.00. The van der Waals surface area contributed by atoms with Crippen molar-refractivity contribution >= 4 is 29.2 Å². The van der Waals surface area contributed by atoms with Crippen LogP contribution in [0.3, 0.4) is 0 Å². The van der Waals surface area contributed by atoms with Crippen molar-refractivity contribution < 1.29 is 24.1 Å². The van der Waals surface area contributed by atoms with Gasteiger partial charge in [0.1, 0.15) is 0 Å². The van der Waals surface area contributed by atoms with Gasteiger partial charge >= 0.3 is 5.69 Å². The van der Waals surface area contributed by atoms with E-state index in [9.17, 15) is 25.0 Å². The van der Waals surface area contributed by atoms with Crippen molar-refractivity contribution in [1.29, 1.82) is 0 Å². The molecule has 12 nitrogen and oxygen atoms in total. The van der Waals surface area contributed by atoms with E-state index in [2.05, 4.69) is 15.4 Å². The van der Waals surface area contributed by atoms with Gasteiger partial charge in [-0.2, -0.15) is 5.10 Å². The highest BCUT2D eigenvalue weighted by molar-refractivity contribution is 5.95. The van der Waals surface area contributed by atoms with Gasteiger partial charge in [0.25, 0.3) is 11.6 Å². The maximum atomic E-state index is 12.4. The summed E-state index contributed by atoms with van der Waals surface area (Å²) in [6.45, 7) is 2.04. The number of nitro groups is 2. The van der Waals surface area contributed by atoms with Crippen molar-refractivity contribution in [2.75, 3.05) is 25.1 Å². The SMILES string of the molecule is COc1cc(/C=N\NC(=O)c2ccc(N3CCCC3)cc2)ccc1Oc1ccc([N+](=O)[O-])cc1[N+](=O)[O-]. The van der Waals surface area contributed by atoms with Crippen LogP contribution in [0, 0.1) is 20.2 Å². The highest BCUT2D eigenvalue weighted by Gasteiger charge is 2.22. The zero-order valence-electron chi connectivity index (χ0n) is 19.8. The summed E-state index contributed by atoms with van der Waals surface area (Å²) in [4.78, 5) is 35.5. The van der Waals surface area contributed by atoms with Crippen LogP contribution in [0.5, 0.6) is 17.2 Å². The number of ether oxygens (including phenoxy) is 2. The van der Waals surface area contributed by atoms with Crippen molar-refractivity contribution in [1.82, 2.24) is 5.43 Å². The molecule has 1 heterocycles. The number of hydrogen-bond donors (Lipinski definition) is 1. The van der Waals surface area contributed by atoms with E-state index in [1.807, 2.05) is 12.1 Å². The Balaban J connectivity index is 1.43. The molecular weight excluding hydrogens is 482 g/mol. The van der Waals surface area contributed by atoms with Gasteiger partial charge in [-0.05, 0) is 66.9 Å². The van der Waals surface area contributed by atoms with Gasteiger partial charge in [-0.1, -0.05) is 0 Å². The molecule has 1 aliphatic rings. The van der Waals surface area contributed by atoms with E-state index in [0.717, 1.165) is 37.0 Å². The minimum Gasteiger partial charge on any atom is -0.493 e. The number of benzene rings is 3. The Labute approximate surface area is 211 Å². The molecule has 0 spiro atoms. The summed E-state index contributed by atoms with van der Waals surface area (Å²) in [5.74, 6) is -0.154. The fourth-order valence-electron chi connectivity index (χ4n) is 3.84. The molecule has 3 aromatic carbocycles. The highest BCUT2D eigenvalue weighted by atomic mass is 16.6. The summed E-state index contributed by atoms with van der Waals surface area (Å²) in [7, 11) is 1.39. The van der Waals surface area contributed by atoms with Gasteiger partial charge in [0.05, 0.1) is 29.2 Å². The lowest BCUT2D eigenvalue weighted by atomic mass is 10.2. The number of rotatable bonds is 9. The third kappa shape index (κ3) is 5.99. The van der Waals surface area contributed by atoms with Crippen LogP contribution in [-0.2, 0) is 0 Å². The zero-order chi connectivity index (χ0) is 26.4. The van der Waals surface area contributed by atoms with E-state index in [0.29, 0.717) is 11.1 Å². The summed E-state index contributed by atoms with van der Waals surface area (Å²) in [5, 5.41) is 26.3. The number of carbonyl (C=O) groups excluding carboxylic acids is 1. The molecular formula is C25H23N5O7. The first-order valence-electron chi connectivity index (χ1n) is 11.3. The van der Waals surface area contributed by atoms with Crippen LogP contribution in [0.1, 0.15) is 28.8 Å². The van der Waals surface area contributed by atoms with Gasteiger partial charge in [-0.3, -0.25) is 25.0 Å². The minimum absolute atomic E-state index is 0.152. The maximum absolute atomic E-state index is 12.4. The standard InChI is InChI=1S/C25H23N5O7/c1-36-24-14-17(4-10-23(24)37-22-11-9-20(29(32)33)15-21(22)30(34)35)16-26-27-25(31)18-5-7-19(8-6-18)28-12-2-3-13-28/h4-11,14-16H,2-3,12-13H2,1H3,(H,27,31)/b26-16-. The smallest absolute Gasteiger partial charge is 0.318 e. The number of hydrazone groups is 1. The Kier molecular flexibility index (Phi) is 7.57. The number of anilines is 1. The lowest BCUT2D eigenvalue weighted by Crippen LogP contribution is -2.19. The predicted octanol–water partition coefficient (Wildman–Crippen LogP) is 4.67. The van der Waals surface area contributed by atoms with E-state index < -0.39 is 21.2 Å². The van der Waals surface area contributed by atoms with Gasteiger partial charge < -0.3 is 14.4 Å². The molecule has 0 radical (unpaired) electrons. The van der Waals surface area contributed by atoms with Crippen molar-refractivity contribution in [2.45, 2.75) is 12.8 Å². The van der Waals surface area contributed by atoms with Crippen molar-refractivity contribution in [2.24, 2.45) is 5.10 Å². The largest absolute Gasteiger partial charge is 0.493 e. The van der Waals surface area contributed by atoms with Crippen LogP contribution in [-0.4, -0.2) is 42.2 Å². The van der Waals surface area contributed by atoms with Crippen LogP contribution < -0.4 is 19.8 Å². The van der Waals surface area contributed by atoms with Gasteiger partial charge in [-0.25, -0.2) is 5.43 Å². The third-order valence-electron chi connectivity index (χ3n) is 5.74. The molecule has 4 rings (SSSR count). The van der Waals surface area contributed by atoms with Crippen LogP contribution in [0.25, 0.3) is 0 Å². The lowest BCUT2D eigenvalue weighted by Gasteiger charge is -2.17. The van der Waals surface area contributed by atoms with Gasteiger partial charge in [-0.15, -0.1) is 0 Å². The Bertz CT molecular complexity index is 1350. The topological polar surface area (TPSA) is 149 Å². The molecule has 0 bridgehead atoms. The number of hydrogen-bond acceptors (Lipinski definition) is 9. The van der Waals surface area contributed by atoms with Crippen molar-refractivity contribution in [3.05, 3.63) is 92.0 Å². The molecule has 12 heteroatoms. The Morgan fingerprint density at radius 3 is 2.30 bits per heavy atom. The zero-order valence-corrected chi connectivity index (χ0v) is 19.8. The molecule has 1 N–H and O–H groups in total. The molecule has 190 valence electrons. The Morgan fingerprint density at radius 1 is 0.946 bits per heavy atom. The van der Waals surface area contributed by atoms with E-state index in [4.69, 9.17) is 9.47 Å². The third-order valence-corrected chi connectivity index (χ3v) is 5.74. The fraction of sp³-hybridized carbons (Fsp3) is 0.200. The minimum atomic E-state index is -0.765. The highest BCUT2D eigenvalue weighted by Crippen LogP contribution is 2.38. The van der Waals surface area contributed by atoms with Crippen molar-refractivity contribution in [3.63, 3.8) is 0 Å². The molecule has 0 saturated carbocycles. The molecule has 0 aromatic heterocycles. The first-order chi connectivity index (χ1) is 17.9. The van der Waals surface area contributed by atoms with Gasteiger partial charge in [0.15, 0.2) is 11.5 Å². The molecule has 0 atom stereocenters. The van der Waals surface area contributed by atoms with Crippen molar-refractivity contribution in [3.8, 4) is 17.2 Å². The Morgan fingerprint density at radius 2 is 1.65 bits per heavy atom. The number of nitrogens with one attached hydrogen (secondary N) is 1. The van der Waals surface area contributed by atoms with E-state index in [1.165, 1.54) is 32.2 Å². The lowest BCUT2D eigenvalue weighted by molar-refractivity contribution is -0.394. The molecule has 1 amide bonds. The number of amides is 1. The molecule has 0 aliphatic carbocycles. The molecule has 1 saturated heterocycles. The molecule has 1 fully saturated rings. The number of carbonyl (C=O) groups is 1. The quantitative estimate of drug-likeness (QED) is 0.250. The molecule has 37 heavy (non-hydrogen) atoms. The normalized spacial score (nSPS) is 12.9. The second kappa shape index (κ2) is 11.2. The van der Waals surface area contributed by atoms with E-state index in [1.54, 1.807) is 24.3 Å². The first-order valence-corrected chi connectivity index (χ1v) is 11.3. The second-order valence-electron chi connectivity index (χ2n) is 8.12. The molecule has 0 unspecified atom stereocenters. The predicted molar refractivity (Wildman–Crippen MR) is 136 cm³/mol. The van der Waals surface area contributed by atoms with Crippen LogP contribution in [0.15, 0.2) is 65.8 Å².